The molecular weight excluding hydrogens is 240 g/mol. The van der Waals surface area contributed by atoms with Crippen LogP contribution < -0.4 is 10.5 Å². The van der Waals surface area contributed by atoms with E-state index in [1.807, 2.05) is 25.2 Å². The fourth-order valence-electron chi connectivity index (χ4n) is 1.91. The maximum Gasteiger partial charge on any atom is 0.144 e. The summed E-state index contributed by atoms with van der Waals surface area (Å²) >= 11 is 0. The van der Waals surface area contributed by atoms with Crippen molar-refractivity contribution >= 4 is 5.82 Å². The Balaban J connectivity index is 2.03. The second-order valence-electron chi connectivity index (χ2n) is 4.38. The number of benzene rings is 1. The van der Waals surface area contributed by atoms with E-state index in [4.69, 9.17) is 10.5 Å². The van der Waals surface area contributed by atoms with Crippen LogP contribution in [0, 0.1) is 0 Å². The smallest absolute Gasteiger partial charge is 0.144 e. The van der Waals surface area contributed by atoms with E-state index in [-0.39, 0.29) is 0 Å². The first kappa shape index (κ1) is 13.3. The largest absolute Gasteiger partial charge is 0.496 e. The van der Waals surface area contributed by atoms with Gasteiger partial charge < -0.3 is 10.5 Å². The second kappa shape index (κ2) is 6.15. The van der Waals surface area contributed by atoms with Gasteiger partial charge in [0.2, 0.25) is 0 Å². The molecule has 0 fully saturated rings. The third kappa shape index (κ3) is 3.66. The summed E-state index contributed by atoms with van der Waals surface area (Å²) in [7, 11) is 3.69. The van der Waals surface area contributed by atoms with Crippen LogP contribution in [0.3, 0.4) is 0 Å². The molecule has 1 aromatic carbocycles. The van der Waals surface area contributed by atoms with Gasteiger partial charge in [-0.15, -0.1) is 0 Å². The number of nitrogens with zero attached hydrogens (tertiary/aromatic N) is 3. The van der Waals surface area contributed by atoms with Gasteiger partial charge >= 0.3 is 0 Å². The number of ether oxygens (including phenoxy) is 1. The van der Waals surface area contributed by atoms with E-state index >= 15 is 0 Å². The third-order valence-electron chi connectivity index (χ3n) is 2.77. The molecule has 0 radical (unpaired) electrons. The van der Waals surface area contributed by atoms with Crippen LogP contribution in [0.25, 0.3) is 0 Å². The molecular formula is C14H18N4O. The van der Waals surface area contributed by atoms with Crippen LogP contribution in [-0.2, 0) is 13.1 Å². The van der Waals surface area contributed by atoms with Crippen molar-refractivity contribution in [2.45, 2.75) is 13.1 Å². The lowest BCUT2D eigenvalue weighted by molar-refractivity contribution is 0.303. The number of methoxy groups -OCH3 is 1. The highest BCUT2D eigenvalue weighted by Crippen LogP contribution is 2.19. The fraction of sp³-hybridized carbons (Fsp3) is 0.286. The first-order chi connectivity index (χ1) is 9.19. The molecule has 5 nitrogen and oxygen atoms in total. The molecule has 2 rings (SSSR count). The summed E-state index contributed by atoms with van der Waals surface area (Å²) in [5, 5.41) is 0. The van der Waals surface area contributed by atoms with Crippen molar-refractivity contribution in [2.24, 2.45) is 0 Å². The number of nitrogens with two attached hydrogens (primary N) is 1. The van der Waals surface area contributed by atoms with Gasteiger partial charge in [0.15, 0.2) is 0 Å². The Morgan fingerprint density at radius 2 is 2.00 bits per heavy atom. The van der Waals surface area contributed by atoms with Gasteiger partial charge in [-0.25, -0.2) is 9.97 Å². The minimum atomic E-state index is 0.496. The van der Waals surface area contributed by atoms with Crippen LogP contribution in [0.15, 0.2) is 36.5 Å². The first-order valence-electron chi connectivity index (χ1n) is 6.07. The lowest BCUT2D eigenvalue weighted by Gasteiger charge is -2.17. The number of aromatic nitrogens is 2. The van der Waals surface area contributed by atoms with Crippen LogP contribution in [0.2, 0.25) is 0 Å². The van der Waals surface area contributed by atoms with Crippen molar-refractivity contribution in [1.82, 2.24) is 14.9 Å². The topological polar surface area (TPSA) is 64.3 Å². The lowest BCUT2D eigenvalue weighted by atomic mass is 10.2. The van der Waals surface area contributed by atoms with Gasteiger partial charge in [-0.2, -0.15) is 0 Å². The molecule has 1 aromatic heterocycles. The van der Waals surface area contributed by atoms with E-state index in [2.05, 4.69) is 20.9 Å². The van der Waals surface area contributed by atoms with E-state index < -0.39 is 0 Å². The normalized spacial score (nSPS) is 10.7. The lowest BCUT2D eigenvalue weighted by Crippen LogP contribution is -2.19. The predicted molar refractivity (Wildman–Crippen MR) is 74.6 cm³/mol. The zero-order valence-electron chi connectivity index (χ0n) is 11.2. The predicted octanol–water partition coefficient (Wildman–Crippen LogP) is 1.70. The van der Waals surface area contributed by atoms with Gasteiger partial charge in [-0.05, 0) is 19.2 Å². The molecule has 1 heterocycles. The highest BCUT2D eigenvalue weighted by atomic mass is 16.5. The molecule has 2 N–H and O–H groups in total. The van der Waals surface area contributed by atoms with E-state index in [9.17, 15) is 0 Å². The Hall–Kier alpha value is -2.14. The molecule has 0 aliphatic carbocycles. The molecule has 0 bridgehead atoms. The quantitative estimate of drug-likeness (QED) is 0.884. The van der Waals surface area contributed by atoms with Crippen LogP contribution >= 0.6 is 0 Å². The standard InChI is InChI=1S/C14H18N4O/c1-18(10-14-16-8-7-13(15)17-14)9-11-5-3-4-6-12(11)19-2/h3-8H,9-10H2,1-2H3,(H2,15,16,17). The number of hydrogen-bond donors (Lipinski definition) is 1. The van der Waals surface area contributed by atoms with E-state index in [0.717, 1.165) is 23.7 Å². The molecule has 0 aliphatic rings. The Bertz CT molecular complexity index is 544. The number of anilines is 1. The molecule has 0 saturated heterocycles. The highest BCUT2D eigenvalue weighted by Gasteiger charge is 2.07. The summed E-state index contributed by atoms with van der Waals surface area (Å²) in [6.45, 7) is 1.41. The summed E-state index contributed by atoms with van der Waals surface area (Å²) < 4.78 is 5.34. The Kier molecular flexibility index (Phi) is 4.30. The van der Waals surface area contributed by atoms with E-state index in [1.54, 1.807) is 19.4 Å². The van der Waals surface area contributed by atoms with Gasteiger partial charge in [0.05, 0.1) is 13.7 Å². The van der Waals surface area contributed by atoms with Gasteiger partial charge in [0.1, 0.15) is 17.4 Å². The van der Waals surface area contributed by atoms with Gasteiger partial charge in [-0.3, -0.25) is 4.90 Å². The minimum absolute atomic E-state index is 0.496. The first-order valence-corrected chi connectivity index (χ1v) is 6.07. The minimum Gasteiger partial charge on any atom is -0.496 e. The maximum atomic E-state index is 5.64. The third-order valence-corrected chi connectivity index (χ3v) is 2.77. The zero-order valence-corrected chi connectivity index (χ0v) is 11.2. The number of hydrogen-bond acceptors (Lipinski definition) is 5. The number of nitrogen functional groups attached to an aromatic ring is 1. The number of rotatable bonds is 5. The summed E-state index contributed by atoms with van der Waals surface area (Å²) in [5.74, 6) is 2.11. The SMILES string of the molecule is COc1ccccc1CN(C)Cc1nccc(N)n1. The highest BCUT2D eigenvalue weighted by molar-refractivity contribution is 5.33. The van der Waals surface area contributed by atoms with E-state index in [1.165, 1.54) is 0 Å². The fourth-order valence-corrected chi connectivity index (χ4v) is 1.91. The van der Waals surface area contributed by atoms with Gasteiger partial charge in [0.25, 0.3) is 0 Å². The Morgan fingerprint density at radius 1 is 1.21 bits per heavy atom. The zero-order chi connectivity index (χ0) is 13.7. The molecule has 0 unspecified atom stereocenters. The second-order valence-corrected chi connectivity index (χ2v) is 4.38. The van der Waals surface area contributed by atoms with Crippen LogP contribution in [0.5, 0.6) is 5.75 Å². The van der Waals surface area contributed by atoms with Crippen molar-refractivity contribution < 1.29 is 4.74 Å². The van der Waals surface area contributed by atoms with Crippen LogP contribution in [0.4, 0.5) is 5.82 Å². The molecule has 0 aliphatic heterocycles. The van der Waals surface area contributed by atoms with Crippen molar-refractivity contribution in [3.8, 4) is 5.75 Å². The molecule has 0 saturated carbocycles. The summed E-state index contributed by atoms with van der Waals surface area (Å²) in [6, 6.07) is 9.66. The Labute approximate surface area is 113 Å². The average molecular weight is 258 g/mol. The van der Waals surface area contributed by atoms with Crippen molar-refractivity contribution in [1.29, 1.82) is 0 Å². The molecule has 2 aromatic rings. The molecule has 100 valence electrons. The molecule has 0 spiro atoms. The molecule has 5 heteroatoms. The van der Waals surface area contributed by atoms with Crippen LogP contribution in [-0.4, -0.2) is 29.0 Å². The van der Waals surface area contributed by atoms with Crippen molar-refractivity contribution in [3.05, 3.63) is 47.9 Å². The number of para-hydroxylation sites is 1. The molecule has 19 heavy (non-hydrogen) atoms. The average Bonchev–Trinajstić information content (AvgIpc) is 2.39. The Morgan fingerprint density at radius 3 is 2.74 bits per heavy atom. The van der Waals surface area contributed by atoms with Crippen LogP contribution in [0.1, 0.15) is 11.4 Å². The molecule has 0 atom stereocenters. The van der Waals surface area contributed by atoms with Crippen molar-refractivity contribution in [2.75, 3.05) is 19.9 Å². The monoisotopic (exact) mass is 258 g/mol. The van der Waals surface area contributed by atoms with E-state index in [0.29, 0.717) is 12.4 Å². The summed E-state index contributed by atoms with van der Waals surface area (Å²) in [5.41, 5.74) is 6.78. The van der Waals surface area contributed by atoms with Gasteiger partial charge in [0, 0.05) is 18.3 Å². The maximum absolute atomic E-state index is 5.64. The molecule has 0 amide bonds. The summed E-state index contributed by atoms with van der Waals surface area (Å²) in [6.07, 6.45) is 1.68. The van der Waals surface area contributed by atoms with Crippen molar-refractivity contribution in [3.63, 3.8) is 0 Å². The van der Waals surface area contributed by atoms with Gasteiger partial charge in [-0.1, -0.05) is 18.2 Å². The summed E-state index contributed by atoms with van der Waals surface area (Å²) in [4.78, 5) is 10.5.